The van der Waals surface area contributed by atoms with Gasteiger partial charge in [-0.15, -0.1) is 0 Å². The smallest absolute Gasteiger partial charge is 0.416 e. The lowest BCUT2D eigenvalue weighted by atomic mass is 9.75. The van der Waals surface area contributed by atoms with Crippen LogP contribution in [0.2, 0.25) is 0 Å². The first kappa shape index (κ1) is 23.7. The van der Waals surface area contributed by atoms with Crippen LogP contribution in [0.15, 0.2) is 60.7 Å². The molecule has 0 radical (unpaired) electrons. The Kier molecular flexibility index (Phi) is 5.86. The number of fused-ring (bicyclic) bond motifs is 4. The molecule has 6 nitrogen and oxygen atoms in total. The van der Waals surface area contributed by atoms with Gasteiger partial charge >= 0.3 is 6.18 Å². The second kappa shape index (κ2) is 8.89. The van der Waals surface area contributed by atoms with Gasteiger partial charge in [0.2, 0.25) is 5.91 Å². The van der Waals surface area contributed by atoms with Crippen LogP contribution in [-0.2, 0) is 17.4 Å². The summed E-state index contributed by atoms with van der Waals surface area (Å²) in [6.07, 6.45) is -3.92. The summed E-state index contributed by atoms with van der Waals surface area (Å²) in [6, 6.07) is 14.6. The predicted molar refractivity (Wildman–Crippen MR) is 126 cm³/mol. The fourth-order valence-corrected chi connectivity index (χ4v) is 5.13. The van der Waals surface area contributed by atoms with Crippen molar-refractivity contribution in [2.24, 2.45) is 0 Å². The molecule has 0 unspecified atom stereocenters. The van der Waals surface area contributed by atoms with Gasteiger partial charge in [0.1, 0.15) is 0 Å². The number of carbonyl (C=O) groups excluding carboxylic acids is 2. The van der Waals surface area contributed by atoms with Crippen molar-refractivity contribution in [2.75, 3.05) is 26.1 Å². The molecule has 0 saturated heterocycles. The maximum Gasteiger partial charge on any atom is 0.416 e. The van der Waals surface area contributed by atoms with Crippen molar-refractivity contribution in [2.45, 2.75) is 24.6 Å². The molecule has 0 saturated carbocycles. The van der Waals surface area contributed by atoms with Crippen LogP contribution in [0.3, 0.4) is 0 Å². The number of carbonyl (C=O) groups is 2. The van der Waals surface area contributed by atoms with E-state index in [4.69, 9.17) is 9.47 Å². The molecule has 2 heterocycles. The van der Waals surface area contributed by atoms with Gasteiger partial charge in [0.05, 0.1) is 31.7 Å². The van der Waals surface area contributed by atoms with E-state index >= 15 is 0 Å². The highest BCUT2D eigenvalue weighted by Gasteiger charge is 2.47. The van der Waals surface area contributed by atoms with Crippen LogP contribution in [-0.4, -0.2) is 37.5 Å². The summed E-state index contributed by atoms with van der Waals surface area (Å²) in [5.41, 5.74) is 1.74. The van der Waals surface area contributed by atoms with Crippen molar-refractivity contribution in [3.05, 3.63) is 88.5 Å². The van der Waals surface area contributed by atoms with Crippen LogP contribution in [0.5, 0.6) is 11.5 Å². The van der Waals surface area contributed by atoms with E-state index in [1.165, 1.54) is 26.4 Å². The van der Waals surface area contributed by atoms with E-state index in [2.05, 4.69) is 5.32 Å². The van der Waals surface area contributed by atoms with Crippen LogP contribution < -0.4 is 14.8 Å². The summed E-state index contributed by atoms with van der Waals surface area (Å²) in [5, 5.41) is 2.66. The lowest BCUT2D eigenvalue weighted by Gasteiger charge is -2.45. The zero-order valence-corrected chi connectivity index (χ0v) is 19.6. The maximum absolute atomic E-state index is 13.8. The van der Waals surface area contributed by atoms with Crippen molar-refractivity contribution in [3.8, 4) is 11.5 Å². The summed E-state index contributed by atoms with van der Waals surface area (Å²) in [5.74, 6) is -0.972. The van der Waals surface area contributed by atoms with Gasteiger partial charge in [-0.25, -0.2) is 0 Å². The molecule has 0 fully saturated rings. The average molecular weight is 496 g/mol. The zero-order chi connectivity index (χ0) is 25.6. The Balaban J connectivity index is 1.65. The largest absolute Gasteiger partial charge is 0.493 e. The first-order valence-electron chi connectivity index (χ1n) is 11.4. The Morgan fingerprint density at radius 3 is 2.42 bits per heavy atom. The summed E-state index contributed by atoms with van der Waals surface area (Å²) in [4.78, 5) is 29.1. The Morgan fingerprint density at radius 1 is 0.972 bits per heavy atom. The molecule has 3 aromatic rings. The zero-order valence-electron chi connectivity index (χ0n) is 19.6. The normalized spacial score (nSPS) is 18.6. The van der Waals surface area contributed by atoms with E-state index in [9.17, 15) is 22.8 Å². The highest BCUT2D eigenvalue weighted by atomic mass is 19.4. The lowest BCUT2D eigenvalue weighted by molar-refractivity contribution is -0.137. The molecule has 0 aromatic heterocycles. The number of methoxy groups -OCH3 is 2. The predicted octanol–water partition coefficient (Wildman–Crippen LogP) is 5.20. The third kappa shape index (κ3) is 3.94. The van der Waals surface area contributed by atoms with Crippen LogP contribution in [0.1, 0.15) is 44.6 Å². The molecule has 0 aliphatic carbocycles. The number of alkyl halides is 3. The molecule has 0 bridgehead atoms. The Morgan fingerprint density at radius 2 is 1.69 bits per heavy atom. The molecule has 2 aliphatic heterocycles. The third-order valence-electron chi connectivity index (χ3n) is 6.77. The van der Waals surface area contributed by atoms with Crippen molar-refractivity contribution in [3.63, 3.8) is 0 Å². The highest BCUT2D eigenvalue weighted by molar-refractivity contribution is 6.05. The molecule has 1 N–H and O–H groups in total. The van der Waals surface area contributed by atoms with E-state index < -0.39 is 29.6 Å². The molecule has 9 heteroatoms. The lowest BCUT2D eigenvalue weighted by Crippen LogP contribution is -2.49. The van der Waals surface area contributed by atoms with Crippen LogP contribution in [0.4, 0.5) is 18.9 Å². The van der Waals surface area contributed by atoms with E-state index in [1.807, 2.05) is 24.3 Å². The second-order valence-electron chi connectivity index (χ2n) is 8.73. The van der Waals surface area contributed by atoms with E-state index in [0.717, 1.165) is 23.3 Å². The fraction of sp³-hybridized carbons (Fsp3) is 0.259. The maximum atomic E-state index is 13.8. The summed E-state index contributed by atoms with van der Waals surface area (Å²) in [6.45, 7) is 0.404. The molecular formula is C27H23F3N2O4. The minimum atomic E-state index is -4.55. The van der Waals surface area contributed by atoms with E-state index in [0.29, 0.717) is 35.6 Å². The first-order valence-corrected chi connectivity index (χ1v) is 11.4. The number of nitrogens with one attached hydrogen (secondary N) is 1. The molecule has 36 heavy (non-hydrogen) atoms. The molecule has 0 spiro atoms. The topological polar surface area (TPSA) is 67.9 Å². The third-order valence-corrected chi connectivity index (χ3v) is 6.77. The Bertz CT molecular complexity index is 1360. The van der Waals surface area contributed by atoms with Crippen LogP contribution >= 0.6 is 0 Å². The highest BCUT2D eigenvalue weighted by Crippen LogP contribution is 2.48. The van der Waals surface area contributed by atoms with Gasteiger partial charge in [-0.3, -0.25) is 9.59 Å². The van der Waals surface area contributed by atoms with Crippen molar-refractivity contribution >= 4 is 17.5 Å². The average Bonchev–Trinajstić information content (AvgIpc) is 2.87. The van der Waals surface area contributed by atoms with Gasteiger partial charge in [0, 0.05) is 17.8 Å². The molecular weight excluding hydrogens is 473 g/mol. The quantitative estimate of drug-likeness (QED) is 0.539. The number of rotatable bonds is 4. The van der Waals surface area contributed by atoms with Crippen molar-refractivity contribution in [1.82, 2.24) is 4.90 Å². The van der Waals surface area contributed by atoms with Gasteiger partial charge in [-0.2, -0.15) is 13.2 Å². The van der Waals surface area contributed by atoms with Gasteiger partial charge in [-0.05, 0) is 53.4 Å². The number of ether oxygens (including phenoxy) is 2. The summed E-state index contributed by atoms with van der Waals surface area (Å²) < 4.78 is 50.6. The number of anilines is 1. The number of hydrogen-bond donors (Lipinski definition) is 1. The Labute approximate surface area is 205 Å². The van der Waals surface area contributed by atoms with Crippen LogP contribution in [0, 0.1) is 0 Å². The monoisotopic (exact) mass is 496 g/mol. The molecule has 186 valence electrons. The molecule has 2 atom stereocenters. The summed E-state index contributed by atoms with van der Waals surface area (Å²) in [7, 11) is 2.91. The first-order chi connectivity index (χ1) is 17.2. The summed E-state index contributed by atoms with van der Waals surface area (Å²) >= 11 is 0. The van der Waals surface area contributed by atoms with Gasteiger partial charge < -0.3 is 19.7 Å². The molecule has 5 rings (SSSR count). The van der Waals surface area contributed by atoms with Gasteiger partial charge in [-0.1, -0.05) is 30.3 Å². The molecule has 2 aliphatic rings. The van der Waals surface area contributed by atoms with Crippen molar-refractivity contribution < 1.29 is 32.2 Å². The van der Waals surface area contributed by atoms with E-state index in [1.54, 1.807) is 17.0 Å². The fourth-order valence-electron chi connectivity index (χ4n) is 5.13. The second-order valence-corrected chi connectivity index (χ2v) is 8.73. The number of benzene rings is 3. The van der Waals surface area contributed by atoms with E-state index in [-0.39, 0.29) is 11.6 Å². The van der Waals surface area contributed by atoms with Crippen molar-refractivity contribution in [1.29, 1.82) is 0 Å². The minimum absolute atomic E-state index is 0.0180. The van der Waals surface area contributed by atoms with Gasteiger partial charge in [0.25, 0.3) is 5.91 Å². The number of nitrogens with zero attached hydrogens (tertiary/aromatic N) is 1. The van der Waals surface area contributed by atoms with Gasteiger partial charge in [0.15, 0.2) is 11.5 Å². The number of halogens is 3. The minimum Gasteiger partial charge on any atom is -0.493 e. The Hall–Kier alpha value is -4.01. The van der Waals surface area contributed by atoms with Crippen LogP contribution in [0.25, 0.3) is 0 Å². The molecule has 3 aromatic carbocycles. The number of amides is 2. The SMILES string of the molecule is COc1cc2c(cc1OC)[C@@H](C(=O)Nc1cccc(C(F)(F)F)c1)[C@@H]1c3ccccc3CCN1C2=O. The molecule has 2 amide bonds. The standard InChI is InChI=1S/C27H23F3N2O4/c1-35-21-13-19-20(14-22(21)36-2)26(34)32-11-10-15-6-3-4-9-18(15)24(32)23(19)25(33)31-17-8-5-7-16(12-17)27(28,29)30/h3-9,12-14,23-24H,10-11H2,1-2H3,(H,31,33)/t23-,24+/m1/s1. The number of hydrogen-bond acceptors (Lipinski definition) is 4.